The Morgan fingerprint density at radius 1 is 1.19 bits per heavy atom. The van der Waals surface area contributed by atoms with E-state index in [1.165, 1.54) is 12.8 Å². The molecular formula is C21H31N3O3. The van der Waals surface area contributed by atoms with Gasteiger partial charge in [-0.3, -0.25) is 4.79 Å². The highest BCUT2D eigenvalue weighted by molar-refractivity contribution is 5.89. The predicted molar refractivity (Wildman–Crippen MR) is 104 cm³/mol. The van der Waals surface area contributed by atoms with E-state index in [-0.39, 0.29) is 12.5 Å². The molecule has 27 heavy (non-hydrogen) atoms. The summed E-state index contributed by atoms with van der Waals surface area (Å²) < 4.78 is 5.26. The summed E-state index contributed by atoms with van der Waals surface area (Å²) in [4.78, 5) is 27.0. The maximum atomic E-state index is 12.9. The first-order valence-corrected chi connectivity index (χ1v) is 9.89. The number of rotatable bonds is 4. The molecule has 6 nitrogen and oxygen atoms in total. The van der Waals surface area contributed by atoms with Gasteiger partial charge in [0, 0.05) is 19.6 Å². The fourth-order valence-electron chi connectivity index (χ4n) is 4.10. The quantitative estimate of drug-likeness (QED) is 0.851. The van der Waals surface area contributed by atoms with Gasteiger partial charge in [0.1, 0.15) is 12.1 Å². The van der Waals surface area contributed by atoms with E-state index < -0.39 is 11.6 Å². The van der Waals surface area contributed by atoms with Crippen molar-refractivity contribution < 1.29 is 14.3 Å². The molecule has 0 aromatic heterocycles. The lowest BCUT2D eigenvalue weighted by Gasteiger charge is -2.45. The van der Waals surface area contributed by atoms with Crippen molar-refractivity contribution in [1.82, 2.24) is 15.5 Å². The van der Waals surface area contributed by atoms with E-state index in [1.807, 2.05) is 35.2 Å². The summed E-state index contributed by atoms with van der Waals surface area (Å²) in [5, 5.41) is 6.23. The second-order valence-corrected chi connectivity index (χ2v) is 8.38. The van der Waals surface area contributed by atoms with Crippen molar-refractivity contribution in [2.24, 2.45) is 5.41 Å². The van der Waals surface area contributed by atoms with Crippen LogP contribution in [0.1, 0.15) is 45.1 Å². The van der Waals surface area contributed by atoms with Crippen LogP contribution in [0.4, 0.5) is 4.79 Å². The molecule has 2 saturated heterocycles. The highest BCUT2D eigenvalue weighted by Crippen LogP contribution is 2.37. The number of likely N-dealkylation sites (tertiary alicyclic amines) is 1. The lowest BCUT2D eigenvalue weighted by atomic mass is 9.73. The Morgan fingerprint density at radius 3 is 2.52 bits per heavy atom. The van der Waals surface area contributed by atoms with Gasteiger partial charge in [0.2, 0.25) is 5.91 Å². The van der Waals surface area contributed by atoms with E-state index in [0.717, 1.165) is 44.6 Å². The second-order valence-electron chi connectivity index (χ2n) is 8.38. The maximum Gasteiger partial charge on any atom is 0.408 e. The van der Waals surface area contributed by atoms with Crippen molar-refractivity contribution in [2.75, 3.05) is 26.2 Å². The summed E-state index contributed by atoms with van der Waals surface area (Å²) in [5.41, 5.74) is 0.281. The van der Waals surface area contributed by atoms with Crippen LogP contribution >= 0.6 is 0 Å². The number of nitrogens with one attached hydrogen (secondary N) is 2. The predicted octanol–water partition coefficient (Wildman–Crippen LogP) is 2.68. The zero-order valence-corrected chi connectivity index (χ0v) is 16.4. The number of piperidine rings is 2. The van der Waals surface area contributed by atoms with E-state index in [2.05, 4.69) is 10.6 Å². The van der Waals surface area contributed by atoms with E-state index >= 15 is 0 Å². The van der Waals surface area contributed by atoms with E-state index in [0.29, 0.717) is 5.41 Å². The summed E-state index contributed by atoms with van der Waals surface area (Å²) in [6.45, 7) is 7.35. The largest absolute Gasteiger partial charge is 0.445 e. The molecule has 0 unspecified atom stereocenters. The van der Waals surface area contributed by atoms with E-state index in [1.54, 1.807) is 13.8 Å². The Bertz CT molecular complexity index is 644. The molecule has 1 spiro atoms. The van der Waals surface area contributed by atoms with E-state index in [9.17, 15) is 9.59 Å². The maximum absolute atomic E-state index is 12.9. The molecule has 2 heterocycles. The van der Waals surface area contributed by atoms with Crippen LogP contribution in [0.3, 0.4) is 0 Å². The van der Waals surface area contributed by atoms with Gasteiger partial charge in [-0.05, 0) is 57.1 Å². The SMILES string of the molecule is CC(C)(NC(=O)OCc1ccccc1)C(=O)N1CCC2(CCCNC2)CC1. The van der Waals surface area contributed by atoms with Crippen molar-refractivity contribution in [1.29, 1.82) is 0 Å². The number of hydrogen-bond acceptors (Lipinski definition) is 4. The molecule has 0 saturated carbocycles. The molecule has 148 valence electrons. The minimum Gasteiger partial charge on any atom is -0.445 e. The Kier molecular flexibility index (Phi) is 6.05. The molecule has 2 aliphatic heterocycles. The summed E-state index contributed by atoms with van der Waals surface area (Å²) >= 11 is 0. The molecule has 0 bridgehead atoms. The van der Waals surface area contributed by atoms with Crippen molar-refractivity contribution in [3.8, 4) is 0 Å². The van der Waals surface area contributed by atoms with Crippen LogP contribution in [0.25, 0.3) is 0 Å². The van der Waals surface area contributed by atoms with Crippen LogP contribution < -0.4 is 10.6 Å². The molecular weight excluding hydrogens is 342 g/mol. The Labute approximate surface area is 161 Å². The Morgan fingerprint density at radius 2 is 1.89 bits per heavy atom. The summed E-state index contributed by atoms with van der Waals surface area (Å²) in [6.07, 6.45) is 3.95. The normalized spacial score (nSPS) is 19.6. The van der Waals surface area contributed by atoms with Gasteiger partial charge in [0.05, 0.1) is 0 Å². The topological polar surface area (TPSA) is 70.7 Å². The number of alkyl carbamates (subject to hydrolysis) is 1. The number of carbonyl (C=O) groups excluding carboxylic acids is 2. The lowest BCUT2D eigenvalue weighted by molar-refractivity contribution is -0.139. The molecule has 3 rings (SSSR count). The van der Waals surface area contributed by atoms with Crippen LogP contribution in [0.2, 0.25) is 0 Å². The monoisotopic (exact) mass is 373 g/mol. The van der Waals surface area contributed by atoms with Gasteiger partial charge >= 0.3 is 6.09 Å². The van der Waals surface area contributed by atoms with Crippen LogP contribution in [-0.2, 0) is 16.1 Å². The zero-order chi connectivity index (χ0) is 19.3. The van der Waals surface area contributed by atoms with Gasteiger partial charge in [-0.15, -0.1) is 0 Å². The van der Waals surface area contributed by atoms with Crippen LogP contribution in [0, 0.1) is 5.41 Å². The molecule has 2 amide bonds. The molecule has 1 aromatic rings. The van der Waals surface area contributed by atoms with Crippen LogP contribution in [0.5, 0.6) is 0 Å². The van der Waals surface area contributed by atoms with E-state index in [4.69, 9.17) is 4.74 Å². The lowest BCUT2D eigenvalue weighted by Crippen LogP contribution is -2.59. The van der Waals surface area contributed by atoms with Gasteiger partial charge in [0.15, 0.2) is 0 Å². The van der Waals surface area contributed by atoms with Crippen molar-refractivity contribution >= 4 is 12.0 Å². The third kappa shape index (κ3) is 5.01. The first kappa shape index (κ1) is 19.7. The minimum absolute atomic E-state index is 0.0437. The fraction of sp³-hybridized carbons (Fsp3) is 0.619. The van der Waals surface area contributed by atoms with Crippen molar-refractivity contribution in [3.63, 3.8) is 0 Å². The minimum atomic E-state index is -0.983. The number of benzene rings is 1. The Hall–Kier alpha value is -2.08. The first-order valence-electron chi connectivity index (χ1n) is 9.89. The molecule has 0 aliphatic carbocycles. The van der Waals surface area contributed by atoms with Crippen LogP contribution in [0.15, 0.2) is 30.3 Å². The Balaban J connectivity index is 1.48. The average molecular weight is 373 g/mol. The smallest absolute Gasteiger partial charge is 0.408 e. The second kappa shape index (κ2) is 8.30. The van der Waals surface area contributed by atoms with Crippen molar-refractivity contribution in [3.05, 3.63) is 35.9 Å². The highest BCUT2D eigenvalue weighted by atomic mass is 16.5. The van der Waals surface area contributed by atoms with Gasteiger partial charge in [-0.2, -0.15) is 0 Å². The molecule has 2 N–H and O–H groups in total. The standard InChI is InChI=1S/C21H31N3O3/c1-20(2,23-19(26)27-15-17-7-4-3-5-8-17)18(25)24-13-10-21(11-14-24)9-6-12-22-16-21/h3-5,7-8,22H,6,9-16H2,1-2H3,(H,23,26). The van der Waals surface area contributed by atoms with Gasteiger partial charge in [-0.1, -0.05) is 30.3 Å². The molecule has 6 heteroatoms. The zero-order valence-electron chi connectivity index (χ0n) is 16.4. The fourth-order valence-corrected chi connectivity index (χ4v) is 4.10. The molecule has 0 atom stereocenters. The molecule has 2 aliphatic rings. The molecule has 0 radical (unpaired) electrons. The summed E-state index contributed by atoms with van der Waals surface area (Å²) in [7, 11) is 0. The highest BCUT2D eigenvalue weighted by Gasteiger charge is 2.40. The molecule has 2 fully saturated rings. The summed E-state index contributed by atoms with van der Waals surface area (Å²) in [5.74, 6) is -0.0437. The number of hydrogen-bond donors (Lipinski definition) is 2. The third-order valence-corrected chi connectivity index (χ3v) is 5.83. The first-order chi connectivity index (χ1) is 12.9. The van der Waals surface area contributed by atoms with Gasteiger partial charge < -0.3 is 20.3 Å². The molecule has 1 aromatic carbocycles. The van der Waals surface area contributed by atoms with Crippen molar-refractivity contribution in [2.45, 2.75) is 51.7 Å². The summed E-state index contributed by atoms with van der Waals surface area (Å²) in [6, 6.07) is 9.50. The van der Waals surface area contributed by atoms with Crippen LogP contribution in [-0.4, -0.2) is 48.6 Å². The third-order valence-electron chi connectivity index (χ3n) is 5.83. The number of carbonyl (C=O) groups is 2. The van der Waals surface area contributed by atoms with Gasteiger partial charge in [-0.25, -0.2) is 4.79 Å². The number of amides is 2. The number of ether oxygens (including phenoxy) is 1. The average Bonchev–Trinajstić information content (AvgIpc) is 2.68. The number of nitrogens with zero attached hydrogens (tertiary/aromatic N) is 1. The van der Waals surface area contributed by atoms with Gasteiger partial charge in [0.25, 0.3) is 0 Å².